The molecule has 2 rings (SSSR count). The Kier molecular flexibility index (Phi) is 10.1. The first-order chi connectivity index (χ1) is 11.1. The van der Waals surface area contributed by atoms with Gasteiger partial charge in [0, 0.05) is 20.8 Å². The van der Waals surface area contributed by atoms with Crippen molar-refractivity contribution in [2.75, 3.05) is 34.0 Å². The van der Waals surface area contributed by atoms with Crippen LogP contribution < -0.4 is 4.74 Å². The Morgan fingerprint density at radius 2 is 2.09 bits per heavy atom. The number of hydrogen-bond acceptors (Lipinski definition) is 4. The highest BCUT2D eigenvalue weighted by molar-refractivity contribution is 9.10. The minimum absolute atomic E-state index is 0.146. The maximum atomic E-state index is 13.9. The number of hydrogen-bond donors (Lipinski definition) is 0. The topological polar surface area (TPSA) is 36.9 Å². The fourth-order valence-electron chi connectivity index (χ4n) is 1.99. The van der Waals surface area contributed by atoms with E-state index in [9.17, 15) is 4.39 Å². The van der Waals surface area contributed by atoms with Crippen LogP contribution in [0.15, 0.2) is 23.2 Å². The summed E-state index contributed by atoms with van der Waals surface area (Å²) < 4.78 is 34.9. The van der Waals surface area contributed by atoms with E-state index in [2.05, 4.69) is 27.2 Å². The van der Waals surface area contributed by atoms with E-state index in [4.69, 9.17) is 14.2 Å². The second-order valence-corrected chi connectivity index (χ2v) is 5.70. The lowest BCUT2D eigenvalue weighted by molar-refractivity contribution is -0.165. The molecule has 1 aromatic carbocycles. The molecular formula is C17H24BrFO4. The molecule has 0 aliphatic carbocycles. The lowest BCUT2D eigenvalue weighted by Gasteiger charge is -2.22. The van der Waals surface area contributed by atoms with Crippen LogP contribution in [-0.2, 0) is 14.2 Å². The second-order valence-electron chi connectivity index (χ2n) is 4.91. The number of benzene rings is 1. The Labute approximate surface area is 145 Å². The van der Waals surface area contributed by atoms with E-state index < -0.39 is 5.82 Å². The molecule has 1 aliphatic heterocycles. The quantitative estimate of drug-likeness (QED) is 0.673. The minimum Gasteiger partial charge on any atom is -0.488 e. The highest BCUT2D eigenvalue weighted by Gasteiger charge is 2.14. The SMILES string of the molecule is C=Cc1ccc(OCCOC2CCCCO2)c(F)c1Br.COC. The summed E-state index contributed by atoms with van der Waals surface area (Å²) in [7, 11) is 3.25. The first-order valence-electron chi connectivity index (χ1n) is 7.50. The predicted molar refractivity (Wildman–Crippen MR) is 92.2 cm³/mol. The highest BCUT2D eigenvalue weighted by Crippen LogP contribution is 2.29. The summed E-state index contributed by atoms with van der Waals surface area (Å²) in [5, 5.41) is 0. The van der Waals surface area contributed by atoms with Crippen molar-refractivity contribution in [1.29, 1.82) is 0 Å². The van der Waals surface area contributed by atoms with Crippen LogP contribution in [0.25, 0.3) is 6.08 Å². The van der Waals surface area contributed by atoms with Crippen molar-refractivity contribution < 1.29 is 23.3 Å². The third kappa shape index (κ3) is 6.99. The molecule has 0 N–H and O–H groups in total. The molecule has 1 unspecified atom stereocenters. The molecule has 6 heteroatoms. The average molecular weight is 391 g/mol. The summed E-state index contributed by atoms with van der Waals surface area (Å²) in [5.41, 5.74) is 0.696. The summed E-state index contributed by atoms with van der Waals surface area (Å²) in [5.74, 6) is -0.216. The van der Waals surface area contributed by atoms with E-state index in [1.807, 2.05) is 0 Å². The third-order valence-corrected chi connectivity index (χ3v) is 3.89. The molecule has 1 heterocycles. The molecule has 130 valence electrons. The van der Waals surface area contributed by atoms with Gasteiger partial charge in [0.25, 0.3) is 0 Å². The van der Waals surface area contributed by atoms with Crippen LogP contribution in [0.3, 0.4) is 0 Å². The predicted octanol–water partition coefficient (Wildman–Crippen LogP) is 4.42. The summed E-state index contributed by atoms with van der Waals surface area (Å²) in [6.45, 7) is 5.03. The van der Waals surface area contributed by atoms with E-state index in [1.165, 1.54) is 0 Å². The first-order valence-corrected chi connectivity index (χ1v) is 8.29. The maximum absolute atomic E-state index is 13.9. The molecule has 0 amide bonds. The van der Waals surface area contributed by atoms with E-state index >= 15 is 0 Å². The van der Waals surface area contributed by atoms with Crippen LogP contribution in [-0.4, -0.2) is 40.3 Å². The smallest absolute Gasteiger partial charge is 0.179 e. The Bertz CT molecular complexity index is 476. The van der Waals surface area contributed by atoms with Gasteiger partial charge in [0.2, 0.25) is 0 Å². The summed E-state index contributed by atoms with van der Waals surface area (Å²) in [6, 6.07) is 3.34. The fraction of sp³-hybridized carbons (Fsp3) is 0.529. The van der Waals surface area contributed by atoms with Crippen LogP contribution in [0, 0.1) is 5.82 Å². The Hall–Kier alpha value is -0.950. The molecule has 4 nitrogen and oxygen atoms in total. The Morgan fingerprint density at radius 1 is 1.35 bits per heavy atom. The third-order valence-electron chi connectivity index (χ3n) is 3.08. The second kappa shape index (κ2) is 11.6. The van der Waals surface area contributed by atoms with Crippen molar-refractivity contribution in [3.8, 4) is 5.75 Å². The first kappa shape index (κ1) is 20.1. The van der Waals surface area contributed by atoms with Crippen molar-refractivity contribution in [1.82, 2.24) is 0 Å². The number of ether oxygens (including phenoxy) is 4. The van der Waals surface area contributed by atoms with Crippen molar-refractivity contribution in [2.24, 2.45) is 0 Å². The van der Waals surface area contributed by atoms with Gasteiger partial charge in [0.1, 0.15) is 6.61 Å². The standard InChI is InChI=1S/C15H18BrFO3.C2H6O/c1-2-11-6-7-12(15(17)14(11)16)18-9-10-20-13-5-3-4-8-19-13;1-3-2/h2,6-7,13H,1,3-5,8-10H2;1-2H3. The summed E-state index contributed by atoms with van der Waals surface area (Å²) >= 11 is 3.19. The van der Waals surface area contributed by atoms with Gasteiger partial charge in [-0.05, 0) is 52.9 Å². The molecule has 1 saturated heterocycles. The van der Waals surface area contributed by atoms with Gasteiger partial charge in [0.15, 0.2) is 17.9 Å². The van der Waals surface area contributed by atoms with Gasteiger partial charge in [-0.25, -0.2) is 4.39 Å². The van der Waals surface area contributed by atoms with Crippen LogP contribution in [0.1, 0.15) is 24.8 Å². The maximum Gasteiger partial charge on any atom is 0.179 e. The van der Waals surface area contributed by atoms with Gasteiger partial charge in [-0.15, -0.1) is 0 Å². The van der Waals surface area contributed by atoms with Crippen molar-refractivity contribution in [3.63, 3.8) is 0 Å². The zero-order valence-corrected chi connectivity index (χ0v) is 15.2. The van der Waals surface area contributed by atoms with Crippen molar-refractivity contribution in [3.05, 3.63) is 34.6 Å². The van der Waals surface area contributed by atoms with Crippen LogP contribution in [0.4, 0.5) is 4.39 Å². The number of halogens is 2. The van der Waals surface area contributed by atoms with Crippen molar-refractivity contribution >= 4 is 22.0 Å². The Balaban J connectivity index is 0.000000816. The monoisotopic (exact) mass is 390 g/mol. The van der Waals surface area contributed by atoms with Gasteiger partial charge >= 0.3 is 0 Å². The van der Waals surface area contributed by atoms with E-state index in [-0.39, 0.29) is 18.6 Å². The van der Waals surface area contributed by atoms with Gasteiger partial charge in [-0.1, -0.05) is 12.7 Å². The van der Waals surface area contributed by atoms with Gasteiger partial charge in [-0.3, -0.25) is 0 Å². The molecule has 1 aliphatic rings. The van der Waals surface area contributed by atoms with Gasteiger partial charge in [-0.2, -0.15) is 0 Å². The number of rotatable bonds is 6. The van der Waals surface area contributed by atoms with Gasteiger partial charge in [0.05, 0.1) is 11.1 Å². The molecule has 1 fully saturated rings. The molecule has 23 heavy (non-hydrogen) atoms. The summed E-state index contributed by atoms with van der Waals surface area (Å²) in [4.78, 5) is 0. The summed E-state index contributed by atoms with van der Waals surface area (Å²) in [6.07, 6.45) is 4.56. The molecule has 1 atom stereocenters. The molecule has 0 spiro atoms. The zero-order chi connectivity index (χ0) is 17.1. The molecule has 0 bridgehead atoms. The Morgan fingerprint density at radius 3 is 2.70 bits per heavy atom. The van der Waals surface area contributed by atoms with Gasteiger partial charge < -0.3 is 18.9 Å². The molecular weight excluding hydrogens is 367 g/mol. The normalized spacial score (nSPS) is 17.1. The fourth-order valence-corrected chi connectivity index (χ4v) is 2.48. The molecule has 0 aromatic heterocycles. The van der Waals surface area contributed by atoms with Crippen LogP contribution >= 0.6 is 15.9 Å². The zero-order valence-electron chi connectivity index (χ0n) is 13.6. The average Bonchev–Trinajstić information content (AvgIpc) is 2.57. The molecule has 0 radical (unpaired) electrons. The van der Waals surface area contributed by atoms with Crippen LogP contribution in [0.5, 0.6) is 5.75 Å². The number of methoxy groups -OCH3 is 1. The lowest BCUT2D eigenvalue weighted by Crippen LogP contribution is -2.24. The minimum atomic E-state index is -0.420. The lowest BCUT2D eigenvalue weighted by atomic mass is 10.2. The van der Waals surface area contributed by atoms with Crippen LogP contribution in [0.2, 0.25) is 0 Å². The molecule has 1 aromatic rings. The van der Waals surface area contributed by atoms with Crippen molar-refractivity contribution in [2.45, 2.75) is 25.6 Å². The molecule has 0 saturated carbocycles. The highest BCUT2D eigenvalue weighted by atomic mass is 79.9. The van der Waals surface area contributed by atoms with E-state index in [1.54, 1.807) is 32.4 Å². The van der Waals surface area contributed by atoms with E-state index in [0.717, 1.165) is 25.9 Å². The largest absolute Gasteiger partial charge is 0.488 e. The van der Waals surface area contributed by atoms with E-state index in [0.29, 0.717) is 16.6 Å².